The van der Waals surface area contributed by atoms with Gasteiger partial charge in [0.15, 0.2) is 11.5 Å². The van der Waals surface area contributed by atoms with E-state index < -0.39 is 0 Å². The molecule has 0 N–H and O–H groups in total. The van der Waals surface area contributed by atoms with E-state index in [1.807, 2.05) is 23.1 Å². The summed E-state index contributed by atoms with van der Waals surface area (Å²) in [6.07, 6.45) is 3.54. The lowest BCUT2D eigenvalue weighted by molar-refractivity contribution is 0.0725. The molecule has 6 nitrogen and oxygen atoms in total. The molecule has 3 heterocycles. The Labute approximate surface area is 151 Å². The Balaban J connectivity index is 1.56. The molecule has 0 radical (unpaired) electrons. The Morgan fingerprint density at radius 2 is 2.08 bits per heavy atom. The molecule has 26 heavy (non-hydrogen) atoms. The van der Waals surface area contributed by atoms with E-state index in [2.05, 4.69) is 22.3 Å². The van der Waals surface area contributed by atoms with Crippen molar-refractivity contribution in [1.29, 1.82) is 0 Å². The maximum absolute atomic E-state index is 12.9. The molecule has 1 aliphatic rings. The Morgan fingerprint density at radius 1 is 1.23 bits per heavy atom. The van der Waals surface area contributed by atoms with Crippen LogP contribution in [-0.4, -0.2) is 34.6 Å². The molecular weight excluding hydrogens is 330 g/mol. The van der Waals surface area contributed by atoms with Crippen molar-refractivity contribution in [2.75, 3.05) is 13.7 Å². The number of amides is 1. The van der Waals surface area contributed by atoms with Crippen LogP contribution >= 0.6 is 0 Å². The zero-order valence-corrected chi connectivity index (χ0v) is 14.5. The number of likely N-dealkylation sites (tertiary alicyclic amines) is 1. The van der Waals surface area contributed by atoms with Crippen molar-refractivity contribution in [1.82, 2.24) is 15.0 Å². The average molecular weight is 349 g/mol. The van der Waals surface area contributed by atoms with Gasteiger partial charge in [0, 0.05) is 12.6 Å². The third kappa shape index (κ3) is 3.06. The maximum Gasteiger partial charge on any atom is 0.276 e. The summed E-state index contributed by atoms with van der Waals surface area (Å²) in [6.45, 7) is 0.724. The summed E-state index contributed by atoms with van der Waals surface area (Å²) in [5.41, 5.74) is 2.07. The lowest BCUT2D eigenvalue weighted by Gasteiger charge is -2.24. The number of carbonyl (C=O) groups excluding carboxylic acids is 1. The number of hydrogen-bond donors (Lipinski definition) is 0. The van der Waals surface area contributed by atoms with Gasteiger partial charge in [-0.25, -0.2) is 4.98 Å². The molecule has 1 aliphatic heterocycles. The minimum Gasteiger partial charge on any atom is -0.495 e. The largest absolute Gasteiger partial charge is 0.495 e. The van der Waals surface area contributed by atoms with E-state index in [9.17, 15) is 4.79 Å². The quantitative estimate of drug-likeness (QED) is 0.718. The van der Waals surface area contributed by atoms with Crippen LogP contribution in [0.3, 0.4) is 0 Å². The fraction of sp³-hybridized carbons (Fsp3) is 0.250. The van der Waals surface area contributed by atoms with Crippen molar-refractivity contribution in [3.63, 3.8) is 0 Å². The van der Waals surface area contributed by atoms with Gasteiger partial charge in [0.2, 0.25) is 0 Å². The zero-order valence-electron chi connectivity index (χ0n) is 14.5. The Kier molecular flexibility index (Phi) is 4.39. The molecule has 0 spiro atoms. The van der Waals surface area contributed by atoms with Crippen molar-refractivity contribution in [2.24, 2.45) is 0 Å². The third-order valence-electron chi connectivity index (χ3n) is 4.65. The van der Waals surface area contributed by atoms with Crippen LogP contribution in [0.15, 0.2) is 59.3 Å². The molecular formula is C20H19N3O3. The van der Waals surface area contributed by atoms with E-state index in [0.29, 0.717) is 22.9 Å². The van der Waals surface area contributed by atoms with Crippen LogP contribution in [0.2, 0.25) is 0 Å². The second-order valence-electron chi connectivity index (χ2n) is 6.23. The summed E-state index contributed by atoms with van der Waals surface area (Å²) in [5, 5.41) is 3.97. The van der Waals surface area contributed by atoms with Crippen molar-refractivity contribution < 1.29 is 14.1 Å². The predicted octanol–water partition coefficient (Wildman–Crippen LogP) is 3.72. The minimum absolute atomic E-state index is 0.0861. The number of pyridine rings is 1. The topological polar surface area (TPSA) is 68.5 Å². The molecule has 0 bridgehead atoms. The molecule has 1 fully saturated rings. The van der Waals surface area contributed by atoms with E-state index in [1.165, 1.54) is 0 Å². The van der Waals surface area contributed by atoms with E-state index in [-0.39, 0.29) is 11.9 Å². The predicted molar refractivity (Wildman–Crippen MR) is 95.7 cm³/mol. The highest BCUT2D eigenvalue weighted by Gasteiger charge is 2.32. The minimum atomic E-state index is -0.111. The standard InChI is InChI=1S/C20H19N3O3/c1-25-15-9-10-16(21-13-15)19-12-17(22-26-19)20(24)23-11-5-8-18(23)14-6-3-2-4-7-14/h2-4,6-7,9-10,12-13,18H,5,8,11H2,1H3/t18-/m0/s1. The summed E-state index contributed by atoms with van der Waals surface area (Å²) >= 11 is 0. The highest BCUT2D eigenvalue weighted by Crippen LogP contribution is 2.33. The Morgan fingerprint density at radius 3 is 2.81 bits per heavy atom. The monoisotopic (exact) mass is 349 g/mol. The van der Waals surface area contributed by atoms with Crippen LogP contribution in [0, 0.1) is 0 Å². The third-order valence-corrected chi connectivity index (χ3v) is 4.65. The molecule has 0 saturated carbocycles. The van der Waals surface area contributed by atoms with E-state index >= 15 is 0 Å². The van der Waals surface area contributed by atoms with Crippen LogP contribution in [0.25, 0.3) is 11.5 Å². The molecule has 1 amide bonds. The summed E-state index contributed by atoms with van der Waals surface area (Å²) in [5.74, 6) is 1.01. The van der Waals surface area contributed by atoms with Crippen LogP contribution in [-0.2, 0) is 0 Å². The first kappa shape index (κ1) is 16.3. The Bertz CT molecular complexity index is 890. The maximum atomic E-state index is 12.9. The van der Waals surface area contributed by atoms with Crippen molar-refractivity contribution >= 4 is 5.91 Å². The fourth-order valence-electron chi connectivity index (χ4n) is 3.32. The molecule has 1 saturated heterocycles. The van der Waals surface area contributed by atoms with Crippen molar-refractivity contribution in [2.45, 2.75) is 18.9 Å². The highest BCUT2D eigenvalue weighted by molar-refractivity contribution is 5.93. The van der Waals surface area contributed by atoms with Gasteiger partial charge in [0.05, 0.1) is 19.3 Å². The second-order valence-corrected chi connectivity index (χ2v) is 6.23. The van der Waals surface area contributed by atoms with Crippen LogP contribution in [0.4, 0.5) is 0 Å². The number of nitrogens with zero attached hydrogens (tertiary/aromatic N) is 3. The number of rotatable bonds is 4. The molecule has 4 rings (SSSR count). The number of aromatic nitrogens is 2. The molecule has 3 aromatic rings. The van der Waals surface area contributed by atoms with Gasteiger partial charge >= 0.3 is 0 Å². The van der Waals surface area contributed by atoms with Gasteiger partial charge in [-0.3, -0.25) is 4.79 Å². The fourth-order valence-corrected chi connectivity index (χ4v) is 3.32. The number of hydrogen-bond acceptors (Lipinski definition) is 5. The molecule has 1 aromatic carbocycles. The molecule has 132 valence electrons. The summed E-state index contributed by atoms with van der Waals surface area (Å²) in [6, 6.07) is 15.4. The van der Waals surface area contributed by atoms with Gasteiger partial charge in [-0.05, 0) is 30.5 Å². The Hall–Kier alpha value is -3.15. The van der Waals surface area contributed by atoms with Gasteiger partial charge in [0.25, 0.3) is 5.91 Å². The summed E-state index contributed by atoms with van der Waals surface area (Å²) < 4.78 is 10.4. The van der Waals surface area contributed by atoms with Crippen LogP contribution in [0.5, 0.6) is 5.75 Å². The highest BCUT2D eigenvalue weighted by atomic mass is 16.5. The van der Waals surface area contributed by atoms with Gasteiger partial charge in [0.1, 0.15) is 11.4 Å². The lowest BCUT2D eigenvalue weighted by atomic mass is 10.0. The lowest BCUT2D eigenvalue weighted by Crippen LogP contribution is -2.30. The SMILES string of the molecule is COc1ccc(-c2cc(C(=O)N3CCC[C@H]3c3ccccc3)no2)nc1. The normalized spacial score (nSPS) is 16.7. The number of carbonyl (C=O) groups is 1. The first-order valence-electron chi connectivity index (χ1n) is 8.59. The first-order chi connectivity index (χ1) is 12.8. The average Bonchev–Trinajstić information content (AvgIpc) is 3.38. The number of ether oxygens (including phenoxy) is 1. The first-order valence-corrected chi connectivity index (χ1v) is 8.59. The zero-order chi connectivity index (χ0) is 17.9. The van der Waals surface area contributed by atoms with Gasteiger partial charge in [-0.1, -0.05) is 35.5 Å². The smallest absolute Gasteiger partial charge is 0.276 e. The van der Waals surface area contributed by atoms with Crippen LogP contribution in [0.1, 0.15) is 34.9 Å². The molecule has 2 aromatic heterocycles. The number of benzene rings is 1. The van der Waals surface area contributed by atoms with Crippen LogP contribution < -0.4 is 4.74 Å². The van der Waals surface area contributed by atoms with Gasteiger partial charge < -0.3 is 14.2 Å². The second kappa shape index (κ2) is 7.00. The molecule has 0 aliphatic carbocycles. The number of methoxy groups -OCH3 is 1. The van der Waals surface area contributed by atoms with E-state index in [0.717, 1.165) is 24.9 Å². The molecule has 0 unspecified atom stereocenters. The summed E-state index contributed by atoms with van der Waals surface area (Å²) in [4.78, 5) is 19.1. The van der Waals surface area contributed by atoms with E-state index in [1.54, 1.807) is 31.5 Å². The molecule has 1 atom stereocenters. The summed E-state index contributed by atoms with van der Waals surface area (Å²) in [7, 11) is 1.58. The molecule has 6 heteroatoms. The van der Waals surface area contributed by atoms with Gasteiger partial charge in [-0.2, -0.15) is 0 Å². The van der Waals surface area contributed by atoms with Crippen molar-refractivity contribution in [3.8, 4) is 17.2 Å². The van der Waals surface area contributed by atoms with Gasteiger partial charge in [-0.15, -0.1) is 0 Å². The van der Waals surface area contributed by atoms with E-state index in [4.69, 9.17) is 9.26 Å². The van der Waals surface area contributed by atoms with Crippen molar-refractivity contribution in [3.05, 3.63) is 66.0 Å².